The molecule has 0 rings (SSSR count). The molecule has 0 fully saturated rings. The summed E-state index contributed by atoms with van der Waals surface area (Å²) in [6, 6.07) is 0. The maximum Gasteiger partial charge on any atom is 0.0494 e. The molecule has 0 radical (unpaired) electrons. The van der Waals surface area contributed by atoms with Gasteiger partial charge in [0.1, 0.15) is 0 Å². The van der Waals surface area contributed by atoms with Gasteiger partial charge in [-0.25, -0.2) is 0 Å². The second kappa shape index (κ2) is 13.0. The number of hydrogen-bond acceptors (Lipinski definition) is 1. The first-order chi connectivity index (χ1) is 7.85. The zero-order valence-electron chi connectivity index (χ0n) is 11.8. The van der Waals surface area contributed by atoms with Crippen molar-refractivity contribution < 1.29 is 4.74 Å². The molecular weight excluding hydrogens is 196 g/mol. The van der Waals surface area contributed by atoms with Crippen LogP contribution >= 0.6 is 0 Å². The van der Waals surface area contributed by atoms with Crippen LogP contribution in [0.2, 0.25) is 0 Å². The lowest BCUT2D eigenvalue weighted by Gasteiger charge is -2.14. The first kappa shape index (κ1) is 16.0. The van der Waals surface area contributed by atoms with E-state index in [1.165, 1.54) is 57.8 Å². The van der Waals surface area contributed by atoms with Gasteiger partial charge < -0.3 is 4.74 Å². The van der Waals surface area contributed by atoms with Crippen LogP contribution in [0.4, 0.5) is 0 Å². The van der Waals surface area contributed by atoms with Gasteiger partial charge >= 0.3 is 0 Å². The van der Waals surface area contributed by atoms with Crippen molar-refractivity contribution in [1.82, 2.24) is 0 Å². The summed E-state index contributed by atoms with van der Waals surface area (Å²) < 4.78 is 5.76. The molecule has 0 aliphatic carbocycles. The van der Waals surface area contributed by atoms with E-state index in [9.17, 15) is 0 Å². The highest BCUT2D eigenvalue weighted by Crippen LogP contribution is 2.13. The van der Waals surface area contributed by atoms with Crippen LogP contribution in [0, 0.1) is 5.92 Å². The molecule has 0 aliphatic heterocycles. The fourth-order valence-corrected chi connectivity index (χ4v) is 1.96. The third kappa shape index (κ3) is 10.5. The Morgan fingerprint density at radius 3 is 2.12 bits per heavy atom. The van der Waals surface area contributed by atoms with E-state index in [0.717, 1.165) is 19.1 Å². The van der Waals surface area contributed by atoms with Crippen molar-refractivity contribution in [3.05, 3.63) is 0 Å². The standard InChI is InChI=1S/C15H32O/c1-4-7-9-10-11-13-16-14-15(6-3)12-8-5-2/h15H,4-14H2,1-3H3. The largest absolute Gasteiger partial charge is 0.381 e. The molecule has 1 atom stereocenters. The number of unbranched alkanes of at least 4 members (excludes halogenated alkanes) is 5. The highest BCUT2D eigenvalue weighted by Gasteiger charge is 2.05. The van der Waals surface area contributed by atoms with Gasteiger partial charge in [0.2, 0.25) is 0 Å². The van der Waals surface area contributed by atoms with Gasteiger partial charge in [-0.2, -0.15) is 0 Å². The van der Waals surface area contributed by atoms with Crippen molar-refractivity contribution in [2.75, 3.05) is 13.2 Å². The average molecular weight is 228 g/mol. The van der Waals surface area contributed by atoms with E-state index >= 15 is 0 Å². The summed E-state index contributed by atoms with van der Waals surface area (Å²) in [6.45, 7) is 8.78. The Kier molecular flexibility index (Phi) is 13.0. The topological polar surface area (TPSA) is 9.23 Å². The molecule has 0 saturated heterocycles. The molecule has 0 aromatic rings. The van der Waals surface area contributed by atoms with Gasteiger partial charge in [0, 0.05) is 13.2 Å². The molecule has 16 heavy (non-hydrogen) atoms. The van der Waals surface area contributed by atoms with Gasteiger partial charge in [0.15, 0.2) is 0 Å². The van der Waals surface area contributed by atoms with Crippen LogP contribution in [0.25, 0.3) is 0 Å². The van der Waals surface area contributed by atoms with E-state index in [-0.39, 0.29) is 0 Å². The average Bonchev–Trinajstić information content (AvgIpc) is 2.32. The monoisotopic (exact) mass is 228 g/mol. The first-order valence-electron chi connectivity index (χ1n) is 7.42. The summed E-state index contributed by atoms with van der Waals surface area (Å²) in [5.74, 6) is 0.801. The van der Waals surface area contributed by atoms with Gasteiger partial charge in [-0.15, -0.1) is 0 Å². The van der Waals surface area contributed by atoms with E-state index in [1.54, 1.807) is 0 Å². The molecule has 1 nitrogen and oxygen atoms in total. The van der Waals surface area contributed by atoms with Gasteiger partial charge in [-0.3, -0.25) is 0 Å². The molecule has 0 aromatic carbocycles. The Morgan fingerprint density at radius 2 is 1.50 bits per heavy atom. The van der Waals surface area contributed by atoms with Crippen molar-refractivity contribution in [3.63, 3.8) is 0 Å². The normalized spacial score (nSPS) is 12.9. The maximum absolute atomic E-state index is 5.76. The van der Waals surface area contributed by atoms with Crippen LogP contribution in [-0.4, -0.2) is 13.2 Å². The highest BCUT2D eigenvalue weighted by atomic mass is 16.5. The van der Waals surface area contributed by atoms with Gasteiger partial charge in [-0.1, -0.05) is 65.7 Å². The van der Waals surface area contributed by atoms with Crippen molar-refractivity contribution in [3.8, 4) is 0 Å². The molecule has 0 spiro atoms. The Balaban J connectivity index is 3.20. The van der Waals surface area contributed by atoms with E-state index < -0.39 is 0 Å². The Morgan fingerprint density at radius 1 is 0.812 bits per heavy atom. The van der Waals surface area contributed by atoms with Gasteiger partial charge in [-0.05, 0) is 18.8 Å². The summed E-state index contributed by atoms with van der Waals surface area (Å²) in [4.78, 5) is 0. The van der Waals surface area contributed by atoms with E-state index in [1.807, 2.05) is 0 Å². The summed E-state index contributed by atoms with van der Waals surface area (Å²) in [6.07, 6.45) is 12.0. The van der Waals surface area contributed by atoms with Crippen molar-refractivity contribution in [2.45, 2.75) is 78.6 Å². The van der Waals surface area contributed by atoms with Crippen LogP contribution < -0.4 is 0 Å². The summed E-state index contributed by atoms with van der Waals surface area (Å²) in [5, 5.41) is 0. The second-order valence-electron chi connectivity index (χ2n) is 4.91. The molecule has 0 bridgehead atoms. The second-order valence-corrected chi connectivity index (χ2v) is 4.91. The van der Waals surface area contributed by atoms with E-state index in [2.05, 4.69) is 20.8 Å². The van der Waals surface area contributed by atoms with Crippen LogP contribution in [0.1, 0.15) is 78.6 Å². The molecule has 1 heteroatoms. The highest BCUT2D eigenvalue weighted by molar-refractivity contribution is 4.55. The quantitative estimate of drug-likeness (QED) is 0.418. The Bertz CT molecular complexity index is 123. The van der Waals surface area contributed by atoms with Crippen LogP contribution in [-0.2, 0) is 4.74 Å². The van der Waals surface area contributed by atoms with Crippen molar-refractivity contribution in [1.29, 1.82) is 0 Å². The molecule has 0 aliphatic rings. The Labute approximate surface area is 103 Å². The van der Waals surface area contributed by atoms with Gasteiger partial charge in [0.25, 0.3) is 0 Å². The fourth-order valence-electron chi connectivity index (χ4n) is 1.96. The maximum atomic E-state index is 5.76. The molecule has 0 N–H and O–H groups in total. The van der Waals surface area contributed by atoms with Crippen molar-refractivity contribution in [2.24, 2.45) is 5.92 Å². The van der Waals surface area contributed by atoms with Crippen molar-refractivity contribution >= 4 is 0 Å². The first-order valence-corrected chi connectivity index (χ1v) is 7.42. The number of hydrogen-bond donors (Lipinski definition) is 0. The molecule has 0 heterocycles. The SMILES string of the molecule is CCCCCCCOCC(CC)CCCC. The lowest BCUT2D eigenvalue weighted by molar-refractivity contribution is 0.0908. The summed E-state index contributed by atoms with van der Waals surface area (Å²) in [5.41, 5.74) is 0. The van der Waals surface area contributed by atoms with Crippen LogP contribution in [0.15, 0.2) is 0 Å². The minimum atomic E-state index is 0.801. The minimum Gasteiger partial charge on any atom is -0.381 e. The minimum absolute atomic E-state index is 0.801. The van der Waals surface area contributed by atoms with Crippen LogP contribution in [0.3, 0.4) is 0 Å². The molecule has 0 aromatic heterocycles. The van der Waals surface area contributed by atoms with Gasteiger partial charge in [0.05, 0.1) is 0 Å². The number of ether oxygens (including phenoxy) is 1. The molecule has 0 saturated carbocycles. The van der Waals surface area contributed by atoms with Crippen LogP contribution in [0.5, 0.6) is 0 Å². The lowest BCUT2D eigenvalue weighted by atomic mass is 10.0. The molecule has 98 valence electrons. The molecule has 1 unspecified atom stereocenters. The third-order valence-corrected chi connectivity index (χ3v) is 3.29. The summed E-state index contributed by atoms with van der Waals surface area (Å²) in [7, 11) is 0. The lowest BCUT2D eigenvalue weighted by Crippen LogP contribution is -2.09. The fraction of sp³-hybridized carbons (Fsp3) is 1.00. The smallest absolute Gasteiger partial charge is 0.0494 e. The number of rotatable bonds is 12. The third-order valence-electron chi connectivity index (χ3n) is 3.29. The van der Waals surface area contributed by atoms with E-state index in [4.69, 9.17) is 4.74 Å². The van der Waals surface area contributed by atoms with E-state index in [0.29, 0.717) is 0 Å². The predicted octanol–water partition coefficient (Wildman–Crippen LogP) is 5.19. The molecular formula is C15H32O. The zero-order valence-corrected chi connectivity index (χ0v) is 11.8. The zero-order chi connectivity index (χ0) is 12.1. The predicted molar refractivity (Wildman–Crippen MR) is 72.9 cm³/mol. The molecule has 0 amide bonds. The Hall–Kier alpha value is -0.0400. The summed E-state index contributed by atoms with van der Waals surface area (Å²) >= 11 is 0.